The standard InChI is InChI=1S/C43H47F3N6O5S/c1-5-30-24-34(52-41(58)51(40(56)42(52,3)4)33-11-9-32(26-47)35(25-33)43(44,45)46)12-13-37(30)57-20-19-49-15-17-50(18-16-49)27(2)36(53)23-29-8-6-7-28(21-29)22-31-10-14-38(54)48-39(31)55/h6-9,11-13,21,24-25,27,31H,5,10,14-20,22-23H2,1-4H3,(H,48,54,55)/t27-,31?/m1/s1. The normalized spacial score (nSPS) is 19.6. The van der Waals surface area contributed by atoms with Crippen molar-refractivity contribution in [3.63, 3.8) is 0 Å². The van der Waals surface area contributed by atoms with Crippen LogP contribution >= 0.6 is 12.2 Å². The first kappa shape index (κ1) is 42.4. The number of piperidine rings is 1. The molecule has 306 valence electrons. The average molecular weight is 817 g/mol. The van der Waals surface area contributed by atoms with Crippen LogP contribution in [0.15, 0.2) is 60.7 Å². The Morgan fingerprint density at radius 1 is 1.02 bits per heavy atom. The van der Waals surface area contributed by atoms with E-state index in [1.807, 2.05) is 50.2 Å². The Bertz CT molecular complexity index is 2140. The van der Waals surface area contributed by atoms with Crippen LogP contribution in [0.3, 0.4) is 0 Å². The number of nitrogens with one attached hydrogen (secondary N) is 1. The molecule has 3 aromatic rings. The van der Waals surface area contributed by atoms with Crippen molar-refractivity contribution in [2.24, 2.45) is 5.92 Å². The molecule has 3 saturated heterocycles. The maximum Gasteiger partial charge on any atom is 0.417 e. The highest BCUT2D eigenvalue weighted by Crippen LogP contribution is 2.40. The molecule has 3 aromatic carbocycles. The van der Waals surface area contributed by atoms with Crippen molar-refractivity contribution in [3.05, 3.63) is 88.5 Å². The molecular formula is C43H47F3N6O5S. The summed E-state index contributed by atoms with van der Waals surface area (Å²) in [7, 11) is 0. The minimum atomic E-state index is -4.79. The maximum atomic E-state index is 13.8. The SMILES string of the molecule is CCc1cc(N2C(=S)N(c3ccc(C#N)c(C(F)(F)F)c3)C(=O)C2(C)C)ccc1OCCN1CCN([C@H](C)C(=O)Cc2cccc(CC3CCC(=O)NC3=O)c2)CC1. The van der Waals surface area contributed by atoms with Crippen LogP contribution in [0.2, 0.25) is 0 Å². The van der Waals surface area contributed by atoms with Crippen LogP contribution < -0.4 is 19.9 Å². The fourth-order valence-electron chi connectivity index (χ4n) is 7.88. The molecule has 3 heterocycles. The van der Waals surface area contributed by atoms with E-state index in [2.05, 4.69) is 15.1 Å². The number of Topliss-reactive ketones (excluding diaryl/α,β-unsaturated/α-hetero) is 1. The van der Waals surface area contributed by atoms with Gasteiger partial charge in [0.1, 0.15) is 17.9 Å². The Balaban J connectivity index is 1.01. The lowest BCUT2D eigenvalue weighted by atomic mass is 9.90. The molecule has 2 atom stereocenters. The average Bonchev–Trinajstić information content (AvgIpc) is 3.37. The summed E-state index contributed by atoms with van der Waals surface area (Å²) < 4.78 is 47.6. The summed E-state index contributed by atoms with van der Waals surface area (Å²) in [6.07, 6.45) is -2.48. The summed E-state index contributed by atoms with van der Waals surface area (Å²) in [5.41, 5.74) is 0.385. The van der Waals surface area contributed by atoms with Gasteiger partial charge in [0.2, 0.25) is 11.8 Å². The Kier molecular flexibility index (Phi) is 12.7. The highest BCUT2D eigenvalue weighted by atomic mass is 32.1. The van der Waals surface area contributed by atoms with Crippen molar-refractivity contribution in [2.45, 2.75) is 77.6 Å². The number of carbonyl (C=O) groups is 4. The molecule has 1 N–H and O–H groups in total. The molecule has 0 radical (unpaired) electrons. The van der Waals surface area contributed by atoms with E-state index in [9.17, 15) is 37.6 Å². The van der Waals surface area contributed by atoms with E-state index < -0.39 is 28.7 Å². The van der Waals surface area contributed by atoms with Crippen LogP contribution in [0, 0.1) is 17.2 Å². The molecule has 0 saturated carbocycles. The van der Waals surface area contributed by atoms with Crippen molar-refractivity contribution >= 4 is 52.2 Å². The van der Waals surface area contributed by atoms with E-state index in [0.717, 1.165) is 59.9 Å². The molecular weight excluding hydrogens is 770 g/mol. The smallest absolute Gasteiger partial charge is 0.417 e. The number of imide groups is 1. The largest absolute Gasteiger partial charge is 0.492 e. The number of halogens is 3. The molecule has 6 rings (SSSR count). The van der Waals surface area contributed by atoms with E-state index in [-0.39, 0.29) is 40.4 Å². The molecule has 1 unspecified atom stereocenters. The summed E-state index contributed by atoms with van der Waals surface area (Å²) in [4.78, 5) is 58.0. The summed E-state index contributed by atoms with van der Waals surface area (Å²) >= 11 is 5.71. The number of nitriles is 1. The first-order valence-electron chi connectivity index (χ1n) is 19.5. The minimum absolute atomic E-state index is 0.0231. The van der Waals surface area contributed by atoms with Gasteiger partial charge in [0, 0.05) is 57.2 Å². The third kappa shape index (κ3) is 9.09. The third-order valence-corrected chi connectivity index (χ3v) is 11.7. The number of anilines is 2. The number of hydrogen-bond acceptors (Lipinski definition) is 9. The third-order valence-electron chi connectivity index (χ3n) is 11.3. The summed E-state index contributed by atoms with van der Waals surface area (Å²) in [6.45, 7) is 11.4. The first-order valence-corrected chi connectivity index (χ1v) is 19.9. The van der Waals surface area contributed by atoms with Gasteiger partial charge in [0.15, 0.2) is 10.9 Å². The number of nitrogens with zero attached hydrogens (tertiary/aromatic N) is 5. The fourth-order valence-corrected chi connectivity index (χ4v) is 8.40. The minimum Gasteiger partial charge on any atom is -0.492 e. The van der Waals surface area contributed by atoms with E-state index >= 15 is 0 Å². The van der Waals surface area contributed by atoms with Crippen molar-refractivity contribution < 1.29 is 37.1 Å². The lowest BCUT2D eigenvalue weighted by Crippen LogP contribution is -2.52. The zero-order valence-electron chi connectivity index (χ0n) is 33.0. The number of rotatable bonds is 13. The van der Waals surface area contributed by atoms with Gasteiger partial charge in [-0.3, -0.25) is 39.2 Å². The zero-order valence-corrected chi connectivity index (χ0v) is 33.8. The number of carbonyl (C=O) groups excluding carboxylic acids is 4. The van der Waals surface area contributed by atoms with Crippen molar-refractivity contribution in [3.8, 4) is 11.8 Å². The lowest BCUT2D eigenvalue weighted by Gasteiger charge is -2.37. The molecule has 0 aromatic heterocycles. The summed E-state index contributed by atoms with van der Waals surface area (Å²) in [5.74, 6) is -0.410. The number of piperazine rings is 1. The predicted octanol–water partition coefficient (Wildman–Crippen LogP) is 5.85. The number of ketones is 1. The van der Waals surface area contributed by atoms with Gasteiger partial charge in [-0.2, -0.15) is 18.4 Å². The van der Waals surface area contributed by atoms with Gasteiger partial charge in [0.25, 0.3) is 5.91 Å². The lowest BCUT2D eigenvalue weighted by molar-refractivity contribution is -0.138. The molecule has 0 bridgehead atoms. The van der Waals surface area contributed by atoms with E-state index in [1.165, 1.54) is 6.07 Å². The first-order chi connectivity index (χ1) is 27.5. The van der Waals surface area contributed by atoms with E-state index in [1.54, 1.807) is 30.9 Å². The van der Waals surface area contributed by atoms with Gasteiger partial charge < -0.3 is 9.64 Å². The van der Waals surface area contributed by atoms with Crippen molar-refractivity contribution in [2.75, 3.05) is 49.1 Å². The molecule has 3 amide bonds. The number of benzene rings is 3. The molecule has 3 fully saturated rings. The Morgan fingerprint density at radius 2 is 1.72 bits per heavy atom. The van der Waals surface area contributed by atoms with E-state index in [4.69, 9.17) is 17.0 Å². The number of alkyl halides is 3. The molecule has 3 aliphatic rings. The van der Waals surface area contributed by atoms with Crippen LogP contribution in [-0.4, -0.2) is 89.3 Å². The van der Waals surface area contributed by atoms with Gasteiger partial charge in [-0.1, -0.05) is 31.2 Å². The van der Waals surface area contributed by atoms with Crippen molar-refractivity contribution in [1.29, 1.82) is 5.26 Å². The molecule has 0 spiro atoms. The van der Waals surface area contributed by atoms with Crippen LogP contribution in [-0.2, 0) is 44.6 Å². The summed E-state index contributed by atoms with van der Waals surface area (Å²) in [6, 6.07) is 17.7. The monoisotopic (exact) mass is 816 g/mol. The van der Waals surface area contributed by atoms with E-state index in [0.29, 0.717) is 56.7 Å². The van der Waals surface area contributed by atoms with Gasteiger partial charge in [0.05, 0.1) is 28.9 Å². The van der Waals surface area contributed by atoms with Gasteiger partial charge in [-0.25, -0.2) is 0 Å². The maximum absolute atomic E-state index is 13.8. The number of aryl methyl sites for hydroxylation is 1. The van der Waals surface area contributed by atoms with Crippen LogP contribution in [0.5, 0.6) is 5.75 Å². The van der Waals surface area contributed by atoms with Gasteiger partial charge in [-0.05, 0) is 105 Å². The Labute approximate surface area is 341 Å². The highest BCUT2D eigenvalue weighted by Gasteiger charge is 2.51. The second-order valence-electron chi connectivity index (χ2n) is 15.5. The Morgan fingerprint density at radius 3 is 2.40 bits per heavy atom. The van der Waals surface area contributed by atoms with Gasteiger partial charge >= 0.3 is 6.18 Å². The van der Waals surface area contributed by atoms with Crippen LogP contribution in [0.1, 0.15) is 68.4 Å². The van der Waals surface area contributed by atoms with Crippen LogP contribution in [0.4, 0.5) is 24.5 Å². The number of ether oxygens (including phenoxy) is 1. The second-order valence-corrected chi connectivity index (χ2v) is 15.9. The molecule has 15 heteroatoms. The molecule has 0 aliphatic carbocycles. The Hall–Kier alpha value is -5.17. The highest BCUT2D eigenvalue weighted by molar-refractivity contribution is 7.81. The molecule has 58 heavy (non-hydrogen) atoms. The number of amides is 3. The number of thiocarbonyl (C=S) groups is 1. The topological polar surface area (TPSA) is 126 Å². The second kappa shape index (κ2) is 17.4. The number of hydrogen-bond donors (Lipinski definition) is 1. The zero-order chi connectivity index (χ0) is 41.9. The quantitative estimate of drug-likeness (QED) is 0.166. The van der Waals surface area contributed by atoms with Crippen LogP contribution in [0.25, 0.3) is 0 Å². The fraction of sp³-hybridized carbons (Fsp3) is 0.442. The summed E-state index contributed by atoms with van der Waals surface area (Å²) in [5, 5.41) is 11.7. The van der Waals surface area contributed by atoms with Gasteiger partial charge in [-0.15, -0.1) is 0 Å². The van der Waals surface area contributed by atoms with Crippen molar-refractivity contribution in [1.82, 2.24) is 15.1 Å². The predicted molar refractivity (Wildman–Crippen MR) is 216 cm³/mol. The molecule has 11 nitrogen and oxygen atoms in total. The molecule has 3 aliphatic heterocycles.